The number of nitrogens with one attached hydrogen (secondary N) is 4. The summed E-state index contributed by atoms with van der Waals surface area (Å²) in [6.45, 7) is 2.41. The number of nitrogens with zero attached hydrogens (tertiary/aromatic N) is 1. The lowest BCUT2D eigenvalue weighted by Gasteiger charge is -2.12. The fraction of sp³-hybridized carbons (Fsp3) is 0.190. The Bertz CT molecular complexity index is 986. The Morgan fingerprint density at radius 3 is 2.57 bits per heavy atom. The molecule has 4 N–H and O–H groups in total. The molecule has 3 rings (SSSR count). The first-order valence-electron chi connectivity index (χ1n) is 9.09. The Hall–Kier alpha value is -3.61. The van der Waals surface area contributed by atoms with Crippen LogP contribution in [0.2, 0.25) is 0 Å². The molecule has 1 heterocycles. The van der Waals surface area contributed by atoms with Crippen LogP contribution in [0.3, 0.4) is 0 Å². The van der Waals surface area contributed by atoms with E-state index in [-0.39, 0.29) is 11.9 Å². The van der Waals surface area contributed by atoms with Crippen LogP contribution in [-0.2, 0) is 11.2 Å². The summed E-state index contributed by atoms with van der Waals surface area (Å²) in [5.74, 6) is 0.479. The molecule has 0 atom stereocenters. The standard InChI is InChI=1S/C21H23N5O2/c1-3-23-21(28)26-19-12-15-5-4-6-18(17(15)13-24-19)25-16-9-7-14(8-10-16)11-20(27)22-2/h4-10,12-13,25H,3,11H2,1-2H3,(H,22,27)(H2,23,24,26,28). The van der Waals surface area contributed by atoms with Crippen molar-refractivity contribution in [3.63, 3.8) is 0 Å². The number of carbonyl (C=O) groups excluding carboxylic acids is 2. The number of amides is 3. The third-order valence-electron chi connectivity index (χ3n) is 4.22. The predicted molar refractivity (Wildman–Crippen MR) is 112 cm³/mol. The maximum atomic E-state index is 11.7. The van der Waals surface area contributed by atoms with Gasteiger partial charge in [0.2, 0.25) is 5.91 Å². The Kier molecular flexibility index (Phi) is 6.06. The highest BCUT2D eigenvalue weighted by molar-refractivity contribution is 5.97. The third-order valence-corrected chi connectivity index (χ3v) is 4.22. The molecule has 144 valence electrons. The quantitative estimate of drug-likeness (QED) is 0.529. The fourth-order valence-electron chi connectivity index (χ4n) is 2.81. The molecule has 0 unspecified atom stereocenters. The maximum absolute atomic E-state index is 11.7. The van der Waals surface area contributed by atoms with E-state index in [0.717, 1.165) is 27.7 Å². The van der Waals surface area contributed by atoms with Gasteiger partial charge in [-0.2, -0.15) is 0 Å². The summed E-state index contributed by atoms with van der Waals surface area (Å²) in [5.41, 5.74) is 2.77. The second-order valence-corrected chi connectivity index (χ2v) is 6.25. The average Bonchev–Trinajstić information content (AvgIpc) is 2.69. The molecule has 3 aromatic rings. The highest BCUT2D eigenvalue weighted by Gasteiger charge is 2.07. The zero-order chi connectivity index (χ0) is 19.9. The fourth-order valence-corrected chi connectivity index (χ4v) is 2.81. The van der Waals surface area contributed by atoms with Gasteiger partial charge in [-0.15, -0.1) is 0 Å². The highest BCUT2D eigenvalue weighted by Crippen LogP contribution is 2.27. The van der Waals surface area contributed by atoms with Gasteiger partial charge in [-0.3, -0.25) is 10.1 Å². The molecule has 1 aromatic heterocycles. The van der Waals surface area contributed by atoms with E-state index in [9.17, 15) is 9.59 Å². The van der Waals surface area contributed by atoms with Crippen molar-refractivity contribution in [2.24, 2.45) is 0 Å². The number of carbonyl (C=O) groups is 2. The third kappa shape index (κ3) is 4.76. The first kappa shape index (κ1) is 19.2. The Morgan fingerprint density at radius 2 is 1.86 bits per heavy atom. The molecular formula is C21H23N5O2. The minimum atomic E-state index is -0.277. The van der Waals surface area contributed by atoms with Crippen LogP contribution in [0.4, 0.5) is 22.0 Å². The summed E-state index contributed by atoms with van der Waals surface area (Å²) in [4.78, 5) is 27.5. The van der Waals surface area contributed by atoms with Crippen LogP contribution in [-0.4, -0.2) is 30.5 Å². The van der Waals surface area contributed by atoms with Gasteiger partial charge in [-0.1, -0.05) is 24.3 Å². The molecule has 28 heavy (non-hydrogen) atoms. The predicted octanol–water partition coefficient (Wildman–Crippen LogP) is 3.41. The minimum absolute atomic E-state index is 0.0159. The number of anilines is 3. The summed E-state index contributed by atoms with van der Waals surface area (Å²) in [6, 6.07) is 15.2. The zero-order valence-electron chi connectivity index (χ0n) is 15.9. The number of hydrogen-bond acceptors (Lipinski definition) is 4. The molecule has 0 radical (unpaired) electrons. The molecule has 0 saturated carbocycles. The topological polar surface area (TPSA) is 95.2 Å². The number of hydrogen-bond donors (Lipinski definition) is 4. The number of fused-ring (bicyclic) bond motifs is 1. The van der Waals surface area contributed by atoms with Crippen molar-refractivity contribution in [1.29, 1.82) is 0 Å². The highest BCUT2D eigenvalue weighted by atomic mass is 16.2. The molecule has 0 spiro atoms. The van der Waals surface area contributed by atoms with Gasteiger partial charge in [0.05, 0.1) is 6.42 Å². The van der Waals surface area contributed by atoms with Crippen LogP contribution in [0.15, 0.2) is 54.7 Å². The van der Waals surface area contributed by atoms with Crippen molar-refractivity contribution in [2.75, 3.05) is 24.2 Å². The monoisotopic (exact) mass is 377 g/mol. The summed E-state index contributed by atoms with van der Waals surface area (Å²) in [6.07, 6.45) is 2.09. The number of likely N-dealkylation sites (N-methyl/N-ethyl adjacent to an activating group) is 1. The number of urea groups is 1. The van der Waals surface area contributed by atoms with E-state index in [1.165, 1.54) is 0 Å². The summed E-state index contributed by atoms with van der Waals surface area (Å²) < 4.78 is 0. The van der Waals surface area contributed by atoms with Crippen molar-refractivity contribution in [3.05, 3.63) is 60.3 Å². The Labute approximate surface area is 163 Å². The molecule has 2 aromatic carbocycles. The molecular weight excluding hydrogens is 354 g/mol. The van der Waals surface area contributed by atoms with Crippen molar-refractivity contribution in [2.45, 2.75) is 13.3 Å². The summed E-state index contributed by atoms with van der Waals surface area (Å²) >= 11 is 0. The van der Waals surface area contributed by atoms with Gasteiger partial charge < -0.3 is 16.0 Å². The van der Waals surface area contributed by atoms with Crippen LogP contribution >= 0.6 is 0 Å². The van der Waals surface area contributed by atoms with E-state index in [4.69, 9.17) is 0 Å². The lowest BCUT2D eigenvalue weighted by atomic mass is 10.1. The maximum Gasteiger partial charge on any atom is 0.320 e. The number of benzene rings is 2. The first-order chi connectivity index (χ1) is 13.6. The van der Waals surface area contributed by atoms with Gasteiger partial charge in [0.25, 0.3) is 0 Å². The summed E-state index contributed by atoms with van der Waals surface area (Å²) in [7, 11) is 1.63. The van der Waals surface area contributed by atoms with E-state index in [2.05, 4.69) is 26.3 Å². The van der Waals surface area contributed by atoms with Gasteiger partial charge >= 0.3 is 6.03 Å². The van der Waals surface area contributed by atoms with Crippen LogP contribution in [0.5, 0.6) is 0 Å². The van der Waals surface area contributed by atoms with E-state index in [0.29, 0.717) is 18.8 Å². The average molecular weight is 377 g/mol. The summed E-state index contributed by atoms with van der Waals surface area (Å²) in [5, 5.41) is 13.3. The van der Waals surface area contributed by atoms with Gasteiger partial charge in [-0.25, -0.2) is 9.78 Å². The molecule has 7 heteroatoms. The van der Waals surface area contributed by atoms with Gasteiger partial charge in [-0.05, 0) is 42.1 Å². The lowest BCUT2D eigenvalue weighted by Crippen LogP contribution is -2.28. The van der Waals surface area contributed by atoms with Gasteiger partial charge in [0, 0.05) is 36.6 Å². The van der Waals surface area contributed by atoms with Crippen molar-refractivity contribution >= 4 is 39.9 Å². The van der Waals surface area contributed by atoms with E-state index < -0.39 is 0 Å². The van der Waals surface area contributed by atoms with Crippen molar-refractivity contribution < 1.29 is 9.59 Å². The van der Waals surface area contributed by atoms with Crippen LogP contribution in [0.25, 0.3) is 10.8 Å². The van der Waals surface area contributed by atoms with Crippen LogP contribution in [0.1, 0.15) is 12.5 Å². The molecule has 0 aliphatic heterocycles. The van der Waals surface area contributed by atoms with E-state index in [1.54, 1.807) is 13.2 Å². The van der Waals surface area contributed by atoms with Crippen molar-refractivity contribution in [3.8, 4) is 0 Å². The Balaban J connectivity index is 1.77. The molecule has 0 aliphatic carbocycles. The normalized spacial score (nSPS) is 10.4. The molecule has 3 amide bonds. The lowest BCUT2D eigenvalue weighted by molar-refractivity contribution is -0.119. The number of pyridine rings is 1. The number of aromatic nitrogens is 1. The van der Waals surface area contributed by atoms with Crippen LogP contribution in [0, 0.1) is 0 Å². The molecule has 0 aliphatic rings. The van der Waals surface area contributed by atoms with E-state index >= 15 is 0 Å². The zero-order valence-corrected chi connectivity index (χ0v) is 15.9. The second kappa shape index (κ2) is 8.85. The molecule has 0 saturated heterocycles. The van der Waals surface area contributed by atoms with Gasteiger partial charge in [0.15, 0.2) is 0 Å². The van der Waals surface area contributed by atoms with Crippen LogP contribution < -0.4 is 21.3 Å². The minimum Gasteiger partial charge on any atom is -0.359 e. The first-order valence-corrected chi connectivity index (χ1v) is 9.09. The molecule has 7 nitrogen and oxygen atoms in total. The molecule has 0 fully saturated rings. The largest absolute Gasteiger partial charge is 0.359 e. The number of rotatable bonds is 6. The Morgan fingerprint density at radius 1 is 1.07 bits per heavy atom. The van der Waals surface area contributed by atoms with Crippen molar-refractivity contribution in [1.82, 2.24) is 15.6 Å². The van der Waals surface area contributed by atoms with E-state index in [1.807, 2.05) is 55.5 Å². The molecule has 0 bridgehead atoms. The van der Waals surface area contributed by atoms with Gasteiger partial charge in [0.1, 0.15) is 5.82 Å². The second-order valence-electron chi connectivity index (χ2n) is 6.25. The SMILES string of the molecule is CCNC(=O)Nc1cc2cccc(Nc3ccc(CC(=O)NC)cc3)c2cn1. The smallest absolute Gasteiger partial charge is 0.320 e.